The average Bonchev–Trinajstić information content (AvgIpc) is 2.38. The fraction of sp³-hybridized carbons (Fsp3) is 0.385. The zero-order valence-electron chi connectivity index (χ0n) is 10.4. The Morgan fingerprint density at radius 3 is 2.67 bits per heavy atom. The van der Waals surface area contributed by atoms with Gasteiger partial charge < -0.3 is 9.47 Å². The number of ether oxygens (including phenoxy) is 2. The molecule has 1 aromatic carbocycles. The van der Waals surface area contributed by atoms with Gasteiger partial charge >= 0.3 is 0 Å². The summed E-state index contributed by atoms with van der Waals surface area (Å²) in [6, 6.07) is 3.63. The van der Waals surface area contributed by atoms with Gasteiger partial charge in [0.25, 0.3) is 0 Å². The lowest BCUT2D eigenvalue weighted by Crippen LogP contribution is -2.09. The molecule has 0 spiro atoms. The van der Waals surface area contributed by atoms with Crippen LogP contribution in [0.5, 0.6) is 11.5 Å². The van der Waals surface area contributed by atoms with E-state index in [1.807, 2.05) is 13.0 Å². The molecule has 0 bridgehead atoms. The molecule has 0 aromatic heterocycles. The monoisotopic (exact) mass is 249 g/mol. The number of hydrogen-bond donors (Lipinski definition) is 0. The molecule has 0 atom stereocenters. The van der Waals surface area contributed by atoms with Gasteiger partial charge in [0.15, 0.2) is 0 Å². The summed E-state index contributed by atoms with van der Waals surface area (Å²) in [7, 11) is 1.56. The van der Waals surface area contributed by atoms with Crippen molar-refractivity contribution in [3.05, 3.63) is 39.1 Å². The summed E-state index contributed by atoms with van der Waals surface area (Å²) < 4.78 is 10.8. The summed E-state index contributed by atoms with van der Waals surface area (Å²) in [5.74, 6) is 1.43. The highest BCUT2D eigenvalue weighted by Crippen LogP contribution is 2.37. The Bertz CT molecular complexity index is 508. The molecule has 1 aromatic rings. The van der Waals surface area contributed by atoms with E-state index in [0.29, 0.717) is 25.2 Å². The van der Waals surface area contributed by atoms with Gasteiger partial charge in [0.05, 0.1) is 18.6 Å². The molecule has 96 valence electrons. The number of nitrogens with zero attached hydrogens (tertiary/aromatic N) is 1. The van der Waals surface area contributed by atoms with Crippen LogP contribution in [0.3, 0.4) is 0 Å². The summed E-state index contributed by atoms with van der Waals surface area (Å²) in [4.78, 5) is 10.5. The van der Waals surface area contributed by atoms with Crippen LogP contribution in [0, 0.1) is 10.1 Å². The number of allylic oxidation sites excluding steroid dienone is 1. The smallest absolute Gasteiger partial charge is 0.247 e. The lowest BCUT2D eigenvalue weighted by Gasteiger charge is -2.18. The highest BCUT2D eigenvalue weighted by Gasteiger charge is 2.23. The minimum Gasteiger partial charge on any atom is -0.496 e. The minimum atomic E-state index is -0.338. The van der Waals surface area contributed by atoms with E-state index in [2.05, 4.69) is 0 Å². The molecule has 5 heteroatoms. The van der Waals surface area contributed by atoms with Gasteiger partial charge in [-0.3, -0.25) is 10.1 Å². The van der Waals surface area contributed by atoms with Crippen LogP contribution in [0.4, 0.5) is 0 Å². The van der Waals surface area contributed by atoms with Crippen molar-refractivity contribution in [3.8, 4) is 11.5 Å². The number of hydrogen-bond acceptors (Lipinski definition) is 4. The van der Waals surface area contributed by atoms with Crippen molar-refractivity contribution in [1.82, 2.24) is 0 Å². The summed E-state index contributed by atoms with van der Waals surface area (Å²) in [6.07, 6.45) is 2.61. The van der Waals surface area contributed by atoms with Crippen LogP contribution in [0.1, 0.15) is 24.5 Å². The molecule has 0 heterocycles. The maximum Gasteiger partial charge on any atom is 0.247 e. The van der Waals surface area contributed by atoms with Crippen LogP contribution in [-0.4, -0.2) is 18.6 Å². The van der Waals surface area contributed by atoms with Crippen LogP contribution in [0.2, 0.25) is 0 Å². The summed E-state index contributed by atoms with van der Waals surface area (Å²) in [5.41, 5.74) is 1.97. The summed E-state index contributed by atoms with van der Waals surface area (Å²) >= 11 is 0. The predicted octanol–water partition coefficient (Wildman–Crippen LogP) is 2.66. The quantitative estimate of drug-likeness (QED) is 0.608. The maximum atomic E-state index is 10.8. The van der Waals surface area contributed by atoms with E-state index < -0.39 is 0 Å². The molecule has 1 aliphatic carbocycles. The molecule has 0 saturated carbocycles. The van der Waals surface area contributed by atoms with Crippen molar-refractivity contribution in [2.45, 2.75) is 19.8 Å². The summed E-state index contributed by atoms with van der Waals surface area (Å²) in [5, 5.41) is 10.8. The van der Waals surface area contributed by atoms with Crippen LogP contribution in [0.15, 0.2) is 17.8 Å². The van der Waals surface area contributed by atoms with Gasteiger partial charge in [0.2, 0.25) is 5.70 Å². The number of methoxy groups -OCH3 is 1. The average molecular weight is 249 g/mol. The van der Waals surface area contributed by atoms with Crippen LogP contribution in [0.25, 0.3) is 6.08 Å². The third-order valence-corrected chi connectivity index (χ3v) is 2.97. The molecule has 2 rings (SSSR count). The largest absolute Gasteiger partial charge is 0.496 e. The van der Waals surface area contributed by atoms with Crippen LogP contribution < -0.4 is 9.47 Å². The van der Waals surface area contributed by atoms with Crippen molar-refractivity contribution >= 4 is 6.08 Å². The minimum absolute atomic E-state index is 0.217. The standard InChI is InChI=1S/C13H15NO4/c1-3-18-13-7-6-12(17-2)11-8-9(14(15)16)4-5-10(11)13/h6-8H,3-5H2,1-2H3. The van der Waals surface area contributed by atoms with Gasteiger partial charge in [-0.2, -0.15) is 0 Å². The number of rotatable bonds is 4. The van der Waals surface area contributed by atoms with Gasteiger partial charge in [0.1, 0.15) is 11.5 Å². The molecular weight excluding hydrogens is 234 g/mol. The van der Waals surface area contributed by atoms with Gasteiger partial charge in [-0.25, -0.2) is 0 Å². The number of nitro groups is 1. The van der Waals surface area contributed by atoms with Gasteiger partial charge in [-0.1, -0.05) is 0 Å². The lowest BCUT2D eigenvalue weighted by molar-refractivity contribution is -0.426. The van der Waals surface area contributed by atoms with E-state index in [4.69, 9.17) is 9.47 Å². The zero-order chi connectivity index (χ0) is 13.1. The fourth-order valence-corrected chi connectivity index (χ4v) is 2.14. The zero-order valence-corrected chi connectivity index (χ0v) is 10.4. The third kappa shape index (κ3) is 2.16. The Labute approximate surface area is 105 Å². The first kappa shape index (κ1) is 12.4. The SMILES string of the molecule is CCOc1ccc(OC)c2c1CCC([N+](=O)[O-])=C2. The molecule has 0 N–H and O–H groups in total. The normalized spacial score (nSPS) is 13.6. The second-order valence-corrected chi connectivity index (χ2v) is 3.98. The Morgan fingerprint density at radius 1 is 1.33 bits per heavy atom. The first-order valence-electron chi connectivity index (χ1n) is 5.85. The molecule has 18 heavy (non-hydrogen) atoms. The lowest BCUT2D eigenvalue weighted by atomic mass is 9.94. The Hall–Kier alpha value is -2.04. The molecule has 1 aliphatic rings. The van der Waals surface area contributed by atoms with Crippen molar-refractivity contribution < 1.29 is 14.4 Å². The first-order chi connectivity index (χ1) is 8.67. The highest BCUT2D eigenvalue weighted by molar-refractivity contribution is 5.67. The van der Waals surface area contributed by atoms with E-state index in [0.717, 1.165) is 16.9 Å². The van der Waals surface area contributed by atoms with E-state index in [1.54, 1.807) is 19.3 Å². The highest BCUT2D eigenvalue weighted by atomic mass is 16.6. The van der Waals surface area contributed by atoms with Gasteiger partial charge in [-0.15, -0.1) is 0 Å². The molecular formula is C13H15NO4. The predicted molar refractivity (Wildman–Crippen MR) is 67.5 cm³/mol. The third-order valence-electron chi connectivity index (χ3n) is 2.97. The van der Waals surface area contributed by atoms with Crippen molar-refractivity contribution in [1.29, 1.82) is 0 Å². The van der Waals surface area contributed by atoms with Gasteiger partial charge in [0, 0.05) is 23.6 Å². The van der Waals surface area contributed by atoms with Crippen molar-refractivity contribution in [2.75, 3.05) is 13.7 Å². The van der Waals surface area contributed by atoms with Gasteiger partial charge in [-0.05, 0) is 25.5 Å². The van der Waals surface area contributed by atoms with Crippen molar-refractivity contribution in [2.24, 2.45) is 0 Å². The van der Waals surface area contributed by atoms with E-state index in [1.165, 1.54) is 0 Å². The molecule has 0 fully saturated rings. The molecule has 0 radical (unpaired) electrons. The van der Waals surface area contributed by atoms with Crippen LogP contribution in [-0.2, 0) is 6.42 Å². The fourth-order valence-electron chi connectivity index (χ4n) is 2.14. The summed E-state index contributed by atoms with van der Waals surface area (Å²) in [6.45, 7) is 2.49. The maximum absolute atomic E-state index is 10.8. The Kier molecular flexibility index (Phi) is 3.50. The molecule has 0 aliphatic heterocycles. The van der Waals surface area contributed by atoms with E-state index in [-0.39, 0.29) is 10.6 Å². The Morgan fingerprint density at radius 2 is 2.06 bits per heavy atom. The topological polar surface area (TPSA) is 61.6 Å². The van der Waals surface area contributed by atoms with E-state index >= 15 is 0 Å². The number of benzene rings is 1. The molecule has 0 saturated heterocycles. The first-order valence-corrected chi connectivity index (χ1v) is 5.85. The molecule has 0 amide bonds. The second kappa shape index (κ2) is 5.08. The number of fused-ring (bicyclic) bond motifs is 1. The van der Waals surface area contributed by atoms with Crippen molar-refractivity contribution in [3.63, 3.8) is 0 Å². The molecule has 5 nitrogen and oxygen atoms in total. The second-order valence-electron chi connectivity index (χ2n) is 3.98. The molecule has 0 unspecified atom stereocenters. The van der Waals surface area contributed by atoms with E-state index in [9.17, 15) is 10.1 Å². The van der Waals surface area contributed by atoms with Crippen LogP contribution >= 0.6 is 0 Å². The Balaban J connectivity index is 2.53.